The number of hydrogen-bond donors (Lipinski definition) is 0. The van der Waals surface area contributed by atoms with Gasteiger partial charge in [-0.2, -0.15) is 4.31 Å². The van der Waals surface area contributed by atoms with Crippen LogP contribution in [-0.4, -0.2) is 56.2 Å². The van der Waals surface area contributed by atoms with Crippen LogP contribution in [0.2, 0.25) is 0 Å². The SMILES string of the molecule is CCCCN(C)N=Nc1ccc(S(=O)(=O)N(CCCl)CCCl)cc1. The zero-order chi connectivity index (χ0) is 18.0. The lowest BCUT2D eigenvalue weighted by molar-refractivity contribution is 0.325. The third kappa shape index (κ3) is 6.55. The van der Waals surface area contributed by atoms with E-state index < -0.39 is 10.0 Å². The molecule has 1 aromatic carbocycles. The summed E-state index contributed by atoms with van der Waals surface area (Å²) in [5.74, 6) is 0.430. The predicted molar refractivity (Wildman–Crippen MR) is 98.7 cm³/mol. The lowest BCUT2D eigenvalue weighted by atomic mass is 10.3. The summed E-state index contributed by atoms with van der Waals surface area (Å²) >= 11 is 11.4. The largest absolute Gasteiger partial charge is 0.282 e. The van der Waals surface area contributed by atoms with E-state index in [0.29, 0.717) is 5.69 Å². The molecule has 0 radical (unpaired) electrons. The summed E-state index contributed by atoms with van der Waals surface area (Å²) < 4.78 is 26.4. The Labute approximate surface area is 154 Å². The molecule has 0 spiro atoms. The second kappa shape index (κ2) is 10.9. The van der Waals surface area contributed by atoms with Crippen molar-refractivity contribution >= 4 is 38.9 Å². The van der Waals surface area contributed by atoms with Crippen LogP contribution in [0.25, 0.3) is 0 Å². The average molecular weight is 395 g/mol. The van der Waals surface area contributed by atoms with E-state index in [1.807, 2.05) is 7.05 Å². The zero-order valence-corrected chi connectivity index (χ0v) is 16.4. The first-order chi connectivity index (χ1) is 11.5. The van der Waals surface area contributed by atoms with Crippen LogP contribution in [0.1, 0.15) is 19.8 Å². The number of unbranched alkanes of at least 4 members (excludes halogenated alkanes) is 1. The van der Waals surface area contributed by atoms with Crippen molar-refractivity contribution in [2.24, 2.45) is 10.3 Å². The summed E-state index contributed by atoms with van der Waals surface area (Å²) in [6.07, 6.45) is 2.14. The standard InChI is InChI=1S/C15H24Cl2N4O2S/c1-3-4-11-20(2)19-18-14-5-7-15(8-6-14)24(22,23)21(12-9-16)13-10-17/h5-8H,3-4,9-13H2,1-2H3. The summed E-state index contributed by atoms with van der Waals surface area (Å²) in [6, 6.07) is 6.30. The molecule has 0 aliphatic carbocycles. The maximum atomic E-state index is 12.6. The van der Waals surface area contributed by atoms with E-state index in [0.717, 1.165) is 19.4 Å². The van der Waals surface area contributed by atoms with Crippen molar-refractivity contribution in [2.75, 3.05) is 38.4 Å². The highest BCUT2D eigenvalue weighted by atomic mass is 35.5. The van der Waals surface area contributed by atoms with Crippen LogP contribution >= 0.6 is 23.2 Å². The Balaban J connectivity index is 2.83. The molecule has 0 saturated heterocycles. The maximum absolute atomic E-state index is 12.6. The van der Waals surface area contributed by atoms with E-state index in [4.69, 9.17) is 23.2 Å². The fourth-order valence-electron chi connectivity index (χ4n) is 1.93. The number of sulfonamides is 1. The van der Waals surface area contributed by atoms with E-state index in [1.54, 1.807) is 17.1 Å². The summed E-state index contributed by atoms with van der Waals surface area (Å²) in [4.78, 5) is 0.191. The average Bonchev–Trinajstić information content (AvgIpc) is 2.58. The van der Waals surface area contributed by atoms with Gasteiger partial charge in [0.1, 0.15) is 0 Å². The first kappa shape index (κ1) is 21.2. The van der Waals surface area contributed by atoms with Gasteiger partial charge in [-0.1, -0.05) is 18.6 Å². The van der Waals surface area contributed by atoms with E-state index in [9.17, 15) is 8.42 Å². The van der Waals surface area contributed by atoms with E-state index in [2.05, 4.69) is 17.3 Å². The third-order valence-electron chi connectivity index (χ3n) is 3.29. The van der Waals surface area contributed by atoms with E-state index >= 15 is 0 Å². The van der Waals surface area contributed by atoms with Gasteiger partial charge in [-0.3, -0.25) is 5.01 Å². The van der Waals surface area contributed by atoms with Crippen molar-refractivity contribution in [1.82, 2.24) is 9.31 Å². The van der Waals surface area contributed by atoms with Gasteiger partial charge in [-0.15, -0.1) is 28.3 Å². The van der Waals surface area contributed by atoms with Gasteiger partial charge in [0.15, 0.2) is 0 Å². The Hall–Kier alpha value is -0.890. The minimum Gasteiger partial charge on any atom is -0.282 e. The molecule has 9 heteroatoms. The Bertz CT molecular complexity index is 602. The first-order valence-corrected chi connectivity index (χ1v) is 10.3. The smallest absolute Gasteiger partial charge is 0.243 e. The molecule has 0 saturated carbocycles. The van der Waals surface area contributed by atoms with Crippen molar-refractivity contribution in [2.45, 2.75) is 24.7 Å². The molecule has 0 aliphatic rings. The predicted octanol–water partition coefficient (Wildman–Crippen LogP) is 3.89. The topological polar surface area (TPSA) is 65.3 Å². The minimum absolute atomic E-state index is 0.191. The van der Waals surface area contributed by atoms with Gasteiger partial charge in [-0.25, -0.2) is 8.42 Å². The Kier molecular flexibility index (Phi) is 9.58. The molecule has 0 heterocycles. The van der Waals surface area contributed by atoms with Crippen LogP contribution in [0.5, 0.6) is 0 Å². The molecule has 0 aromatic heterocycles. The molecule has 0 aliphatic heterocycles. The van der Waals surface area contributed by atoms with Crippen molar-refractivity contribution in [3.63, 3.8) is 0 Å². The molecule has 0 fully saturated rings. The number of rotatable bonds is 11. The fourth-order valence-corrected chi connectivity index (χ4v) is 3.98. The van der Waals surface area contributed by atoms with E-state index in [-0.39, 0.29) is 29.7 Å². The molecule has 24 heavy (non-hydrogen) atoms. The van der Waals surface area contributed by atoms with Gasteiger partial charge in [0.2, 0.25) is 10.0 Å². The van der Waals surface area contributed by atoms with Gasteiger partial charge in [0.25, 0.3) is 0 Å². The summed E-state index contributed by atoms with van der Waals surface area (Å²) in [7, 11) is -1.75. The van der Waals surface area contributed by atoms with Crippen molar-refractivity contribution in [1.29, 1.82) is 0 Å². The highest BCUT2D eigenvalue weighted by molar-refractivity contribution is 7.89. The van der Waals surface area contributed by atoms with E-state index in [1.165, 1.54) is 16.4 Å². The van der Waals surface area contributed by atoms with Crippen LogP contribution in [0.15, 0.2) is 39.5 Å². The third-order valence-corrected chi connectivity index (χ3v) is 5.54. The van der Waals surface area contributed by atoms with Crippen LogP contribution in [0, 0.1) is 0 Å². The second-order valence-electron chi connectivity index (χ2n) is 5.20. The summed E-state index contributed by atoms with van der Waals surface area (Å²) in [5, 5.41) is 9.94. The monoisotopic (exact) mass is 394 g/mol. The number of nitrogens with zero attached hydrogens (tertiary/aromatic N) is 4. The van der Waals surface area contributed by atoms with Crippen LogP contribution in [-0.2, 0) is 10.0 Å². The highest BCUT2D eigenvalue weighted by Crippen LogP contribution is 2.20. The number of benzene rings is 1. The number of alkyl halides is 2. The van der Waals surface area contributed by atoms with Gasteiger partial charge >= 0.3 is 0 Å². The molecular formula is C15H24Cl2N4O2S. The minimum atomic E-state index is -3.60. The quantitative estimate of drug-likeness (QED) is 0.324. The molecule has 0 atom stereocenters. The molecule has 1 rings (SSSR count). The number of hydrogen-bond acceptors (Lipinski definition) is 4. The molecule has 0 unspecified atom stereocenters. The van der Waals surface area contributed by atoms with Crippen LogP contribution in [0.4, 0.5) is 5.69 Å². The first-order valence-electron chi connectivity index (χ1n) is 7.80. The molecular weight excluding hydrogens is 371 g/mol. The zero-order valence-electron chi connectivity index (χ0n) is 14.0. The van der Waals surface area contributed by atoms with Crippen molar-refractivity contribution in [3.05, 3.63) is 24.3 Å². The van der Waals surface area contributed by atoms with Crippen molar-refractivity contribution < 1.29 is 8.42 Å². The van der Waals surface area contributed by atoms with Crippen LogP contribution < -0.4 is 0 Å². The molecule has 1 aromatic rings. The Morgan fingerprint density at radius 2 is 1.62 bits per heavy atom. The van der Waals surface area contributed by atoms with Gasteiger partial charge in [-0.05, 0) is 30.7 Å². The summed E-state index contributed by atoms with van der Waals surface area (Å²) in [5.41, 5.74) is 0.596. The molecule has 6 nitrogen and oxygen atoms in total. The number of halogens is 2. The fraction of sp³-hybridized carbons (Fsp3) is 0.600. The van der Waals surface area contributed by atoms with Crippen molar-refractivity contribution in [3.8, 4) is 0 Å². The molecule has 136 valence electrons. The second-order valence-corrected chi connectivity index (χ2v) is 7.89. The lowest BCUT2D eigenvalue weighted by Crippen LogP contribution is -2.34. The molecule has 0 N–H and O–H groups in total. The maximum Gasteiger partial charge on any atom is 0.243 e. The van der Waals surface area contributed by atoms with Gasteiger partial charge in [0, 0.05) is 38.4 Å². The van der Waals surface area contributed by atoms with Gasteiger partial charge in [0.05, 0.1) is 10.6 Å². The summed E-state index contributed by atoms with van der Waals surface area (Å²) in [6.45, 7) is 3.39. The van der Waals surface area contributed by atoms with Gasteiger partial charge < -0.3 is 0 Å². The molecule has 0 amide bonds. The normalized spacial score (nSPS) is 12.2. The highest BCUT2D eigenvalue weighted by Gasteiger charge is 2.23. The Morgan fingerprint density at radius 3 is 2.12 bits per heavy atom. The Morgan fingerprint density at radius 1 is 1.04 bits per heavy atom. The molecule has 0 bridgehead atoms. The lowest BCUT2D eigenvalue weighted by Gasteiger charge is -2.20. The van der Waals surface area contributed by atoms with Crippen LogP contribution in [0.3, 0.4) is 0 Å².